The van der Waals surface area contributed by atoms with E-state index in [1.54, 1.807) is 0 Å². The number of nitrogens with zero attached hydrogens (tertiary/aromatic N) is 1. The van der Waals surface area contributed by atoms with Gasteiger partial charge < -0.3 is 10.2 Å². The van der Waals surface area contributed by atoms with Crippen molar-refractivity contribution in [2.75, 3.05) is 7.05 Å². The molecule has 2 fully saturated rings. The number of rotatable bonds is 2. The Kier molecular flexibility index (Phi) is 3.47. The molecule has 1 N–H and O–H groups in total. The third kappa shape index (κ3) is 2.36. The molecule has 2 bridgehead atoms. The summed E-state index contributed by atoms with van der Waals surface area (Å²) in [5.41, 5.74) is 0. The van der Waals surface area contributed by atoms with Crippen LogP contribution in [-0.2, 0) is 0 Å². The Labute approximate surface area is 120 Å². The highest BCUT2D eigenvalue weighted by Crippen LogP contribution is 2.34. The lowest BCUT2D eigenvalue weighted by atomic mass is 9.98. The van der Waals surface area contributed by atoms with E-state index in [4.69, 9.17) is 0 Å². The van der Waals surface area contributed by atoms with Crippen molar-refractivity contribution in [2.24, 2.45) is 0 Å². The number of piperidine rings is 1. The molecule has 5 heteroatoms. The van der Waals surface area contributed by atoms with Crippen LogP contribution in [0.4, 0.5) is 0 Å². The van der Waals surface area contributed by atoms with Gasteiger partial charge in [-0.3, -0.25) is 4.79 Å². The van der Waals surface area contributed by atoms with Crippen LogP contribution in [0.3, 0.4) is 0 Å². The van der Waals surface area contributed by atoms with Crippen LogP contribution in [0.25, 0.3) is 0 Å². The zero-order chi connectivity index (χ0) is 12.7. The van der Waals surface area contributed by atoms with Gasteiger partial charge in [0.25, 0.3) is 5.91 Å². The minimum atomic E-state index is 0.0830. The number of carbonyl (C=O) groups is 1. The fourth-order valence-electron chi connectivity index (χ4n) is 3.22. The molecule has 0 saturated carbocycles. The van der Waals surface area contributed by atoms with Crippen LogP contribution in [-0.4, -0.2) is 36.0 Å². The van der Waals surface area contributed by atoms with Crippen molar-refractivity contribution in [1.29, 1.82) is 0 Å². The minimum Gasteiger partial charge on any atom is -0.348 e. The number of hydrogen-bond donors (Lipinski definition) is 1. The number of hydrogen-bond acceptors (Lipinski definition) is 3. The number of nitrogens with one attached hydrogen (secondary N) is 1. The van der Waals surface area contributed by atoms with Crippen molar-refractivity contribution >= 4 is 33.2 Å². The molecule has 1 amide bonds. The zero-order valence-corrected chi connectivity index (χ0v) is 12.8. The van der Waals surface area contributed by atoms with Crippen molar-refractivity contribution in [1.82, 2.24) is 10.2 Å². The van der Waals surface area contributed by atoms with E-state index >= 15 is 0 Å². The maximum absolute atomic E-state index is 12.1. The third-order valence-electron chi connectivity index (χ3n) is 4.23. The van der Waals surface area contributed by atoms with Gasteiger partial charge in [0.1, 0.15) is 0 Å². The lowest BCUT2D eigenvalue weighted by molar-refractivity contribution is 0.0886. The second-order valence-electron chi connectivity index (χ2n) is 5.30. The van der Waals surface area contributed by atoms with Crippen LogP contribution in [0.5, 0.6) is 0 Å². The Morgan fingerprint density at radius 2 is 2.06 bits per heavy atom. The van der Waals surface area contributed by atoms with E-state index in [1.165, 1.54) is 24.2 Å². The summed E-state index contributed by atoms with van der Waals surface area (Å²) < 4.78 is 1.01. The number of carbonyl (C=O) groups excluding carboxylic acids is 1. The number of halogens is 1. The molecule has 0 aromatic carbocycles. The molecule has 0 spiro atoms. The summed E-state index contributed by atoms with van der Waals surface area (Å²) in [6.07, 6.45) is 4.78. The molecule has 3 nitrogen and oxygen atoms in total. The van der Waals surface area contributed by atoms with Crippen LogP contribution < -0.4 is 5.32 Å². The molecule has 2 saturated heterocycles. The number of thiophene rings is 1. The van der Waals surface area contributed by atoms with Gasteiger partial charge in [-0.2, -0.15) is 0 Å². The van der Waals surface area contributed by atoms with Gasteiger partial charge in [-0.1, -0.05) is 0 Å². The quantitative estimate of drug-likeness (QED) is 0.905. The first kappa shape index (κ1) is 12.6. The van der Waals surface area contributed by atoms with Gasteiger partial charge in [0.15, 0.2) is 0 Å². The first-order chi connectivity index (χ1) is 8.63. The topological polar surface area (TPSA) is 32.3 Å². The van der Waals surface area contributed by atoms with E-state index in [1.807, 2.05) is 12.1 Å². The summed E-state index contributed by atoms with van der Waals surface area (Å²) in [4.78, 5) is 15.4. The highest BCUT2D eigenvalue weighted by atomic mass is 79.9. The zero-order valence-electron chi connectivity index (χ0n) is 10.4. The van der Waals surface area contributed by atoms with Gasteiger partial charge in [0.2, 0.25) is 0 Å². The summed E-state index contributed by atoms with van der Waals surface area (Å²) in [6.45, 7) is 0. The Morgan fingerprint density at radius 3 is 2.61 bits per heavy atom. The van der Waals surface area contributed by atoms with Gasteiger partial charge in [-0.05, 0) is 60.8 Å². The minimum absolute atomic E-state index is 0.0830. The monoisotopic (exact) mass is 328 g/mol. The first-order valence-corrected chi connectivity index (χ1v) is 8.02. The van der Waals surface area contributed by atoms with Crippen LogP contribution in [0.15, 0.2) is 15.9 Å². The maximum Gasteiger partial charge on any atom is 0.261 e. The van der Waals surface area contributed by atoms with Crippen LogP contribution in [0.1, 0.15) is 35.4 Å². The molecule has 3 rings (SSSR count). The van der Waals surface area contributed by atoms with E-state index < -0.39 is 0 Å². The second-order valence-corrected chi connectivity index (χ2v) is 7.76. The highest BCUT2D eigenvalue weighted by Gasteiger charge is 2.38. The van der Waals surface area contributed by atoms with Crippen molar-refractivity contribution in [3.8, 4) is 0 Å². The average molecular weight is 329 g/mol. The second kappa shape index (κ2) is 4.94. The van der Waals surface area contributed by atoms with Gasteiger partial charge in [0.05, 0.1) is 8.66 Å². The van der Waals surface area contributed by atoms with Gasteiger partial charge in [-0.15, -0.1) is 11.3 Å². The highest BCUT2D eigenvalue weighted by molar-refractivity contribution is 9.11. The van der Waals surface area contributed by atoms with Crippen LogP contribution in [0.2, 0.25) is 0 Å². The van der Waals surface area contributed by atoms with Crippen molar-refractivity contribution in [3.05, 3.63) is 20.8 Å². The summed E-state index contributed by atoms with van der Waals surface area (Å²) in [7, 11) is 2.22. The molecule has 2 aliphatic rings. The Morgan fingerprint density at radius 1 is 1.39 bits per heavy atom. The van der Waals surface area contributed by atoms with Crippen LogP contribution in [0, 0.1) is 0 Å². The molecule has 3 atom stereocenters. The predicted octanol–water partition coefficient (Wildman–Crippen LogP) is 2.87. The molecule has 2 aliphatic heterocycles. The normalized spacial score (nSPS) is 31.6. The molecule has 98 valence electrons. The standard InChI is InChI=1S/C13H17BrN2OS/c1-16-9-2-3-10(16)7-8(6-9)15-13(17)11-4-5-12(14)18-11/h4-5,8-10H,2-3,6-7H2,1H3,(H,15,17)/t8?,9-,10+. The summed E-state index contributed by atoms with van der Waals surface area (Å²) in [6, 6.07) is 5.51. The Bertz CT molecular complexity index is 448. The van der Waals surface area contributed by atoms with Gasteiger partial charge >= 0.3 is 0 Å². The van der Waals surface area contributed by atoms with Crippen molar-refractivity contribution in [2.45, 2.75) is 43.8 Å². The largest absolute Gasteiger partial charge is 0.348 e. The maximum atomic E-state index is 12.1. The third-order valence-corrected chi connectivity index (χ3v) is 5.85. The molecule has 0 aliphatic carbocycles. The van der Waals surface area contributed by atoms with Gasteiger partial charge in [0, 0.05) is 18.1 Å². The Balaban J connectivity index is 1.62. The average Bonchev–Trinajstić information content (AvgIpc) is 2.82. The SMILES string of the molecule is CN1[C@@H]2CC[C@H]1CC(NC(=O)c1ccc(Br)s1)C2. The lowest BCUT2D eigenvalue weighted by Crippen LogP contribution is -2.48. The summed E-state index contributed by atoms with van der Waals surface area (Å²) >= 11 is 4.89. The molecule has 18 heavy (non-hydrogen) atoms. The lowest BCUT2D eigenvalue weighted by Gasteiger charge is -2.36. The molecular weight excluding hydrogens is 312 g/mol. The van der Waals surface area contributed by atoms with E-state index in [-0.39, 0.29) is 5.91 Å². The van der Waals surface area contributed by atoms with E-state index in [9.17, 15) is 4.79 Å². The van der Waals surface area contributed by atoms with Gasteiger partial charge in [-0.25, -0.2) is 0 Å². The summed E-state index contributed by atoms with van der Waals surface area (Å²) in [5.74, 6) is 0.0830. The predicted molar refractivity (Wildman–Crippen MR) is 77.1 cm³/mol. The summed E-state index contributed by atoms with van der Waals surface area (Å²) in [5, 5.41) is 3.19. The van der Waals surface area contributed by atoms with E-state index in [0.29, 0.717) is 18.1 Å². The molecule has 3 heterocycles. The fourth-order valence-corrected chi connectivity index (χ4v) is 4.51. The molecule has 1 aromatic rings. The van der Waals surface area contributed by atoms with E-state index in [2.05, 4.69) is 33.2 Å². The molecular formula is C13H17BrN2OS. The Hall–Kier alpha value is -0.390. The molecule has 1 aromatic heterocycles. The van der Waals surface area contributed by atoms with Crippen molar-refractivity contribution < 1.29 is 4.79 Å². The van der Waals surface area contributed by atoms with Crippen molar-refractivity contribution in [3.63, 3.8) is 0 Å². The molecule has 1 unspecified atom stereocenters. The van der Waals surface area contributed by atoms with E-state index in [0.717, 1.165) is 21.5 Å². The smallest absolute Gasteiger partial charge is 0.261 e. The first-order valence-electron chi connectivity index (χ1n) is 6.41. The number of fused-ring (bicyclic) bond motifs is 2. The fraction of sp³-hybridized carbons (Fsp3) is 0.615. The van der Waals surface area contributed by atoms with Crippen LogP contribution >= 0.6 is 27.3 Å². The number of amides is 1. The molecule has 0 radical (unpaired) electrons.